The third-order valence-corrected chi connectivity index (χ3v) is 3.76. The van der Waals surface area contributed by atoms with Crippen LogP contribution in [0.4, 0.5) is 0 Å². The Morgan fingerprint density at radius 2 is 1.74 bits per heavy atom. The van der Waals surface area contributed by atoms with Crippen molar-refractivity contribution >= 4 is 11.6 Å². The van der Waals surface area contributed by atoms with Crippen molar-refractivity contribution in [3.63, 3.8) is 0 Å². The molecule has 1 unspecified atom stereocenters. The van der Waals surface area contributed by atoms with Gasteiger partial charge in [-0.25, -0.2) is 0 Å². The van der Waals surface area contributed by atoms with Crippen LogP contribution in [0.25, 0.3) is 0 Å². The molecule has 0 fully saturated rings. The Morgan fingerprint density at radius 3 is 2.32 bits per heavy atom. The number of benzene rings is 1. The normalized spacial score (nSPS) is 13.2. The zero-order valence-corrected chi connectivity index (χ0v) is 13.4. The molecule has 0 aromatic heterocycles. The summed E-state index contributed by atoms with van der Waals surface area (Å²) in [7, 11) is 2.19. The maximum Gasteiger partial charge on any atom is 0.0406 e. The molecule has 1 N–H and O–H groups in total. The van der Waals surface area contributed by atoms with Gasteiger partial charge in [-0.2, -0.15) is 0 Å². The summed E-state index contributed by atoms with van der Waals surface area (Å²) < 4.78 is 0. The highest BCUT2D eigenvalue weighted by atomic mass is 35.5. The highest BCUT2D eigenvalue weighted by Crippen LogP contribution is 2.20. The summed E-state index contributed by atoms with van der Waals surface area (Å²) in [6, 6.07) is 9.19. The molecule has 108 valence electrons. The first kappa shape index (κ1) is 16.5. The first-order valence-electron chi connectivity index (χ1n) is 7.19. The molecule has 0 saturated heterocycles. The number of rotatable bonds is 8. The van der Waals surface area contributed by atoms with Crippen molar-refractivity contribution in [2.75, 3.05) is 20.1 Å². The average molecular weight is 283 g/mol. The van der Waals surface area contributed by atoms with Crippen LogP contribution in [-0.2, 0) is 0 Å². The Morgan fingerprint density at radius 1 is 1.11 bits per heavy atom. The van der Waals surface area contributed by atoms with Crippen molar-refractivity contribution in [2.45, 2.75) is 45.7 Å². The number of unbranched alkanes of at least 4 members (excludes halogenated alkanes) is 1. The Balaban J connectivity index is 2.28. The fourth-order valence-corrected chi connectivity index (χ4v) is 2.19. The fraction of sp³-hybridized carbons (Fsp3) is 0.625. The van der Waals surface area contributed by atoms with Crippen molar-refractivity contribution in [1.82, 2.24) is 10.2 Å². The molecule has 0 aliphatic carbocycles. The highest BCUT2D eigenvalue weighted by molar-refractivity contribution is 6.30. The Labute approximate surface area is 123 Å². The van der Waals surface area contributed by atoms with Crippen LogP contribution in [0.1, 0.15) is 45.2 Å². The van der Waals surface area contributed by atoms with E-state index in [1.165, 1.54) is 18.4 Å². The minimum Gasteiger partial charge on any atom is -0.315 e. The molecular weight excluding hydrogens is 256 g/mol. The van der Waals surface area contributed by atoms with Gasteiger partial charge in [0.05, 0.1) is 0 Å². The van der Waals surface area contributed by atoms with Gasteiger partial charge in [0.25, 0.3) is 0 Å². The summed E-state index contributed by atoms with van der Waals surface area (Å²) in [5.41, 5.74) is 1.33. The van der Waals surface area contributed by atoms with Crippen LogP contribution >= 0.6 is 11.6 Å². The summed E-state index contributed by atoms with van der Waals surface area (Å²) in [4.78, 5) is 2.40. The first-order chi connectivity index (χ1) is 9.00. The third-order valence-electron chi connectivity index (χ3n) is 3.50. The lowest BCUT2D eigenvalue weighted by Gasteiger charge is -2.25. The fourth-order valence-electron chi connectivity index (χ4n) is 2.07. The molecule has 0 aliphatic heterocycles. The van der Waals surface area contributed by atoms with E-state index in [-0.39, 0.29) is 0 Å². The lowest BCUT2D eigenvalue weighted by atomic mass is 10.1. The average Bonchev–Trinajstić information content (AvgIpc) is 2.37. The standard InChI is InChI=1S/C16H27ClN2/c1-13(2)18-11-5-6-12-19(4)14(3)15-7-9-16(17)10-8-15/h7-10,13-14,18H,5-6,11-12H2,1-4H3. The molecule has 0 spiro atoms. The molecule has 1 rings (SSSR count). The third kappa shape index (κ3) is 6.42. The Bertz CT molecular complexity index is 348. The molecule has 0 radical (unpaired) electrons. The molecular formula is C16H27ClN2. The van der Waals surface area contributed by atoms with Crippen LogP contribution in [0.15, 0.2) is 24.3 Å². The van der Waals surface area contributed by atoms with E-state index in [9.17, 15) is 0 Å². The van der Waals surface area contributed by atoms with Crippen molar-refractivity contribution in [2.24, 2.45) is 0 Å². The molecule has 0 bridgehead atoms. The smallest absolute Gasteiger partial charge is 0.0406 e. The molecule has 19 heavy (non-hydrogen) atoms. The quantitative estimate of drug-likeness (QED) is 0.722. The summed E-state index contributed by atoms with van der Waals surface area (Å²) in [6.07, 6.45) is 2.46. The van der Waals surface area contributed by atoms with E-state index in [1.54, 1.807) is 0 Å². The van der Waals surface area contributed by atoms with Crippen LogP contribution in [-0.4, -0.2) is 31.1 Å². The van der Waals surface area contributed by atoms with Crippen LogP contribution in [0.2, 0.25) is 5.02 Å². The van der Waals surface area contributed by atoms with Crippen molar-refractivity contribution < 1.29 is 0 Å². The van der Waals surface area contributed by atoms with Crippen molar-refractivity contribution in [3.8, 4) is 0 Å². The van der Waals surface area contributed by atoms with Gasteiger partial charge in [0.2, 0.25) is 0 Å². The zero-order chi connectivity index (χ0) is 14.3. The second-order valence-corrected chi connectivity index (χ2v) is 5.96. The number of halogens is 1. The SMILES string of the molecule is CC(C)NCCCCN(C)C(C)c1ccc(Cl)cc1. The van der Waals surface area contributed by atoms with Crippen LogP contribution in [0.3, 0.4) is 0 Å². The number of nitrogens with one attached hydrogen (secondary N) is 1. The minimum atomic E-state index is 0.440. The van der Waals surface area contributed by atoms with E-state index in [1.807, 2.05) is 12.1 Å². The van der Waals surface area contributed by atoms with E-state index in [0.29, 0.717) is 12.1 Å². The largest absolute Gasteiger partial charge is 0.315 e. The van der Waals surface area contributed by atoms with Crippen LogP contribution < -0.4 is 5.32 Å². The molecule has 2 nitrogen and oxygen atoms in total. The summed E-state index contributed by atoms with van der Waals surface area (Å²) in [6.45, 7) is 8.86. The van der Waals surface area contributed by atoms with Gasteiger partial charge in [0.1, 0.15) is 0 Å². The van der Waals surface area contributed by atoms with E-state index < -0.39 is 0 Å². The maximum absolute atomic E-state index is 5.92. The lowest BCUT2D eigenvalue weighted by Crippen LogP contribution is -2.26. The minimum absolute atomic E-state index is 0.440. The monoisotopic (exact) mass is 282 g/mol. The summed E-state index contributed by atoms with van der Waals surface area (Å²) in [5.74, 6) is 0. The molecule has 0 amide bonds. The van der Waals surface area contributed by atoms with Gasteiger partial charge in [-0.05, 0) is 57.6 Å². The molecule has 0 saturated carbocycles. The van der Waals surface area contributed by atoms with E-state index >= 15 is 0 Å². The highest BCUT2D eigenvalue weighted by Gasteiger charge is 2.10. The van der Waals surface area contributed by atoms with Crippen LogP contribution in [0, 0.1) is 0 Å². The van der Waals surface area contributed by atoms with Gasteiger partial charge in [0, 0.05) is 17.1 Å². The lowest BCUT2D eigenvalue weighted by molar-refractivity contribution is 0.255. The summed E-state index contributed by atoms with van der Waals surface area (Å²) >= 11 is 5.92. The molecule has 0 aliphatic rings. The second kappa shape index (κ2) is 8.57. The zero-order valence-electron chi connectivity index (χ0n) is 12.6. The van der Waals surface area contributed by atoms with Crippen molar-refractivity contribution in [1.29, 1.82) is 0 Å². The Hall–Kier alpha value is -0.570. The second-order valence-electron chi connectivity index (χ2n) is 5.52. The number of hydrogen-bond acceptors (Lipinski definition) is 2. The van der Waals surface area contributed by atoms with E-state index in [2.05, 4.69) is 50.2 Å². The molecule has 1 atom stereocenters. The molecule has 3 heteroatoms. The van der Waals surface area contributed by atoms with Gasteiger partial charge in [-0.3, -0.25) is 4.90 Å². The van der Waals surface area contributed by atoms with Gasteiger partial charge >= 0.3 is 0 Å². The molecule has 0 heterocycles. The van der Waals surface area contributed by atoms with E-state index in [0.717, 1.165) is 18.1 Å². The predicted octanol–water partition coefficient (Wildman–Crippen LogP) is 4.11. The van der Waals surface area contributed by atoms with Gasteiger partial charge in [-0.1, -0.05) is 37.6 Å². The van der Waals surface area contributed by atoms with E-state index in [4.69, 9.17) is 11.6 Å². The predicted molar refractivity (Wildman–Crippen MR) is 84.9 cm³/mol. The topological polar surface area (TPSA) is 15.3 Å². The van der Waals surface area contributed by atoms with Crippen molar-refractivity contribution in [3.05, 3.63) is 34.9 Å². The summed E-state index contributed by atoms with van der Waals surface area (Å²) in [5, 5.41) is 4.26. The molecule has 1 aromatic carbocycles. The van der Waals surface area contributed by atoms with Gasteiger partial charge in [0.15, 0.2) is 0 Å². The number of nitrogens with zero attached hydrogens (tertiary/aromatic N) is 1. The first-order valence-corrected chi connectivity index (χ1v) is 7.57. The number of hydrogen-bond donors (Lipinski definition) is 1. The van der Waals surface area contributed by atoms with Gasteiger partial charge in [-0.15, -0.1) is 0 Å². The van der Waals surface area contributed by atoms with Crippen LogP contribution in [0.5, 0.6) is 0 Å². The maximum atomic E-state index is 5.92. The molecule has 1 aromatic rings. The Kier molecular flexibility index (Phi) is 7.44. The van der Waals surface area contributed by atoms with Gasteiger partial charge < -0.3 is 5.32 Å².